The highest BCUT2D eigenvalue weighted by atomic mass is 14.2. The van der Waals surface area contributed by atoms with E-state index in [0.29, 0.717) is 0 Å². The SMILES string of the molecule is CCCCCCCCCCCCCCCCC(CC)C(C)C. The molecule has 0 aromatic heterocycles. The standard InChI is InChI=1S/C22H46/c1-5-7-8-9-10-11-12-13-14-15-16-17-18-19-20-22(6-2)21(3)4/h21-22H,5-20H2,1-4H3. The van der Waals surface area contributed by atoms with Crippen LogP contribution in [-0.4, -0.2) is 0 Å². The van der Waals surface area contributed by atoms with E-state index < -0.39 is 0 Å². The van der Waals surface area contributed by atoms with Gasteiger partial charge in [-0.2, -0.15) is 0 Å². The zero-order chi connectivity index (χ0) is 16.5. The van der Waals surface area contributed by atoms with Crippen LogP contribution in [0.4, 0.5) is 0 Å². The van der Waals surface area contributed by atoms with E-state index in [0.717, 1.165) is 11.8 Å². The molecule has 0 aliphatic carbocycles. The maximum absolute atomic E-state index is 2.39. The lowest BCUT2D eigenvalue weighted by atomic mass is 9.88. The fourth-order valence-electron chi connectivity index (χ4n) is 3.61. The predicted molar refractivity (Wildman–Crippen MR) is 104 cm³/mol. The third kappa shape index (κ3) is 14.9. The summed E-state index contributed by atoms with van der Waals surface area (Å²) in [6.45, 7) is 9.43. The molecular weight excluding hydrogens is 264 g/mol. The van der Waals surface area contributed by atoms with Crippen LogP contribution >= 0.6 is 0 Å². The Morgan fingerprint density at radius 1 is 0.500 bits per heavy atom. The van der Waals surface area contributed by atoms with Crippen molar-refractivity contribution in [1.29, 1.82) is 0 Å². The quantitative estimate of drug-likeness (QED) is 0.236. The topological polar surface area (TPSA) is 0 Å². The van der Waals surface area contributed by atoms with E-state index in [1.165, 1.54) is 103 Å². The van der Waals surface area contributed by atoms with E-state index in [1.54, 1.807) is 0 Å². The molecule has 1 unspecified atom stereocenters. The Kier molecular flexibility index (Phi) is 17.4. The van der Waals surface area contributed by atoms with Gasteiger partial charge in [-0.05, 0) is 11.8 Å². The lowest BCUT2D eigenvalue weighted by Gasteiger charge is -2.18. The minimum atomic E-state index is 0.881. The van der Waals surface area contributed by atoms with Gasteiger partial charge in [-0.15, -0.1) is 0 Å². The molecule has 0 nitrogen and oxygen atoms in total. The summed E-state index contributed by atoms with van der Waals surface area (Å²) in [7, 11) is 0. The van der Waals surface area contributed by atoms with Gasteiger partial charge in [-0.25, -0.2) is 0 Å². The number of unbranched alkanes of at least 4 members (excludes halogenated alkanes) is 13. The Hall–Kier alpha value is 0. The van der Waals surface area contributed by atoms with Crippen LogP contribution < -0.4 is 0 Å². The van der Waals surface area contributed by atoms with Gasteiger partial charge in [0.05, 0.1) is 0 Å². The average Bonchev–Trinajstić information content (AvgIpc) is 2.51. The molecule has 0 bridgehead atoms. The van der Waals surface area contributed by atoms with Crippen LogP contribution in [0.15, 0.2) is 0 Å². The van der Waals surface area contributed by atoms with Gasteiger partial charge in [0, 0.05) is 0 Å². The first kappa shape index (κ1) is 22.0. The van der Waals surface area contributed by atoms with Crippen LogP contribution in [0.5, 0.6) is 0 Å². The summed E-state index contributed by atoms with van der Waals surface area (Å²) in [5, 5.41) is 0. The summed E-state index contributed by atoms with van der Waals surface area (Å²) in [4.78, 5) is 0. The van der Waals surface area contributed by atoms with Gasteiger partial charge in [0.1, 0.15) is 0 Å². The third-order valence-electron chi connectivity index (χ3n) is 5.40. The van der Waals surface area contributed by atoms with E-state index in [-0.39, 0.29) is 0 Å². The van der Waals surface area contributed by atoms with Gasteiger partial charge in [-0.3, -0.25) is 0 Å². The number of hydrogen-bond acceptors (Lipinski definition) is 0. The molecule has 0 heteroatoms. The highest BCUT2D eigenvalue weighted by molar-refractivity contribution is 4.61. The minimum absolute atomic E-state index is 0.881. The molecule has 0 radical (unpaired) electrons. The van der Waals surface area contributed by atoms with Crippen LogP contribution in [-0.2, 0) is 0 Å². The monoisotopic (exact) mass is 310 g/mol. The minimum Gasteiger partial charge on any atom is -0.0654 e. The smallest absolute Gasteiger partial charge is 0.0394 e. The molecule has 22 heavy (non-hydrogen) atoms. The molecule has 0 N–H and O–H groups in total. The summed E-state index contributed by atoms with van der Waals surface area (Å²) < 4.78 is 0. The fraction of sp³-hybridized carbons (Fsp3) is 1.00. The summed E-state index contributed by atoms with van der Waals surface area (Å²) in [6, 6.07) is 0. The first-order valence-corrected chi connectivity index (χ1v) is 10.7. The van der Waals surface area contributed by atoms with Gasteiger partial charge >= 0.3 is 0 Å². The Morgan fingerprint density at radius 3 is 1.18 bits per heavy atom. The molecule has 1 atom stereocenters. The zero-order valence-electron chi connectivity index (χ0n) is 16.5. The normalized spacial score (nSPS) is 13.0. The van der Waals surface area contributed by atoms with Gasteiger partial charge in [0.25, 0.3) is 0 Å². The van der Waals surface area contributed by atoms with Crippen LogP contribution in [0.1, 0.15) is 130 Å². The van der Waals surface area contributed by atoms with E-state index in [9.17, 15) is 0 Å². The van der Waals surface area contributed by atoms with Crippen LogP contribution in [0.2, 0.25) is 0 Å². The second-order valence-corrected chi connectivity index (χ2v) is 7.80. The molecule has 0 aliphatic rings. The molecule has 134 valence electrons. The molecule has 0 aromatic carbocycles. The molecule has 0 heterocycles. The Labute approximate surface area is 142 Å². The summed E-state index contributed by atoms with van der Waals surface area (Å²) >= 11 is 0. The molecule has 0 saturated carbocycles. The van der Waals surface area contributed by atoms with Crippen molar-refractivity contribution in [3.8, 4) is 0 Å². The fourth-order valence-corrected chi connectivity index (χ4v) is 3.61. The lowest BCUT2D eigenvalue weighted by molar-refractivity contribution is 0.335. The van der Waals surface area contributed by atoms with E-state index in [2.05, 4.69) is 27.7 Å². The van der Waals surface area contributed by atoms with Crippen LogP contribution in [0.25, 0.3) is 0 Å². The first-order chi connectivity index (χ1) is 10.7. The average molecular weight is 311 g/mol. The van der Waals surface area contributed by atoms with Gasteiger partial charge in [0.15, 0.2) is 0 Å². The highest BCUT2D eigenvalue weighted by Crippen LogP contribution is 2.22. The number of hydrogen-bond donors (Lipinski definition) is 0. The van der Waals surface area contributed by atoms with Crippen molar-refractivity contribution in [2.24, 2.45) is 11.8 Å². The van der Waals surface area contributed by atoms with Crippen LogP contribution in [0.3, 0.4) is 0 Å². The van der Waals surface area contributed by atoms with E-state index in [4.69, 9.17) is 0 Å². The largest absolute Gasteiger partial charge is 0.0654 e. The van der Waals surface area contributed by atoms with Crippen molar-refractivity contribution in [2.75, 3.05) is 0 Å². The zero-order valence-corrected chi connectivity index (χ0v) is 16.5. The Bertz CT molecular complexity index is 194. The van der Waals surface area contributed by atoms with Crippen molar-refractivity contribution in [2.45, 2.75) is 130 Å². The van der Waals surface area contributed by atoms with Gasteiger partial charge < -0.3 is 0 Å². The van der Waals surface area contributed by atoms with Crippen molar-refractivity contribution in [1.82, 2.24) is 0 Å². The summed E-state index contributed by atoms with van der Waals surface area (Å²) in [5.41, 5.74) is 0. The van der Waals surface area contributed by atoms with Crippen molar-refractivity contribution < 1.29 is 0 Å². The predicted octanol–water partition coefficient (Wildman–Crippen LogP) is 8.54. The highest BCUT2D eigenvalue weighted by Gasteiger charge is 2.09. The lowest BCUT2D eigenvalue weighted by Crippen LogP contribution is -2.06. The molecule has 0 spiro atoms. The van der Waals surface area contributed by atoms with Crippen LogP contribution in [0, 0.1) is 11.8 Å². The Morgan fingerprint density at radius 2 is 0.864 bits per heavy atom. The summed E-state index contributed by atoms with van der Waals surface area (Å²) in [5.74, 6) is 1.85. The summed E-state index contributed by atoms with van der Waals surface area (Å²) in [6.07, 6.45) is 23.4. The maximum Gasteiger partial charge on any atom is -0.0394 e. The molecule has 0 rings (SSSR count). The second-order valence-electron chi connectivity index (χ2n) is 7.80. The van der Waals surface area contributed by atoms with Crippen molar-refractivity contribution >= 4 is 0 Å². The van der Waals surface area contributed by atoms with E-state index in [1.807, 2.05) is 0 Å². The molecular formula is C22H46. The molecule has 0 aromatic rings. The Balaban J connectivity index is 3.11. The first-order valence-electron chi connectivity index (χ1n) is 10.7. The van der Waals surface area contributed by atoms with Crippen molar-refractivity contribution in [3.05, 3.63) is 0 Å². The van der Waals surface area contributed by atoms with Gasteiger partial charge in [-0.1, -0.05) is 130 Å². The maximum atomic E-state index is 2.39. The second kappa shape index (κ2) is 17.4. The van der Waals surface area contributed by atoms with E-state index >= 15 is 0 Å². The third-order valence-corrected chi connectivity index (χ3v) is 5.40. The molecule has 0 saturated heterocycles. The molecule has 0 amide bonds. The molecule has 0 fully saturated rings. The molecule has 0 aliphatic heterocycles. The van der Waals surface area contributed by atoms with Crippen molar-refractivity contribution in [3.63, 3.8) is 0 Å². The number of rotatable bonds is 17. The van der Waals surface area contributed by atoms with Gasteiger partial charge in [0.2, 0.25) is 0 Å².